The van der Waals surface area contributed by atoms with Crippen LogP contribution in [0.3, 0.4) is 0 Å². The Balaban J connectivity index is 1.51. The van der Waals surface area contributed by atoms with Gasteiger partial charge in [-0.3, -0.25) is 4.79 Å². The first-order chi connectivity index (χ1) is 11.6. The number of hydrogen-bond donors (Lipinski definition) is 0. The zero-order valence-corrected chi connectivity index (χ0v) is 14.0. The van der Waals surface area contributed by atoms with E-state index >= 15 is 0 Å². The summed E-state index contributed by atoms with van der Waals surface area (Å²) in [6.07, 6.45) is 3.65. The van der Waals surface area contributed by atoms with Crippen molar-refractivity contribution >= 4 is 16.9 Å². The second kappa shape index (κ2) is 5.48. The summed E-state index contributed by atoms with van der Waals surface area (Å²) < 4.78 is 7.28. The number of esters is 1. The molecule has 0 unspecified atom stereocenters. The molecule has 0 saturated heterocycles. The van der Waals surface area contributed by atoms with Crippen molar-refractivity contribution in [2.45, 2.75) is 38.8 Å². The molecule has 0 amide bonds. The van der Waals surface area contributed by atoms with E-state index in [1.54, 1.807) is 4.68 Å². The summed E-state index contributed by atoms with van der Waals surface area (Å²) in [5.41, 5.74) is 3.91. The Morgan fingerprint density at radius 2 is 1.96 bits per heavy atom. The minimum Gasteiger partial charge on any atom is -0.442 e. The van der Waals surface area contributed by atoms with E-state index < -0.39 is 5.41 Å². The Kier molecular flexibility index (Phi) is 3.41. The van der Waals surface area contributed by atoms with E-state index in [0.29, 0.717) is 0 Å². The van der Waals surface area contributed by atoms with Gasteiger partial charge in [-0.15, -0.1) is 0 Å². The lowest BCUT2D eigenvalue weighted by atomic mass is 9.96. The van der Waals surface area contributed by atoms with E-state index in [9.17, 15) is 4.79 Å². The molecule has 0 radical (unpaired) electrons. The normalized spacial score (nSPS) is 15.4. The van der Waals surface area contributed by atoms with Gasteiger partial charge in [0.15, 0.2) is 6.73 Å². The van der Waals surface area contributed by atoms with Crippen molar-refractivity contribution in [1.29, 1.82) is 0 Å². The summed E-state index contributed by atoms with van der Waals surface area (Å²) >= 11 is 0. The van der Waals surface area contributed by atoms with Gasteiger partial charge in [0.25, 0.3) is 0 Å². The molecule has 4 nitrogen and oxygen atoms in total. The van der Waals surface area contributed by atoms with Crippen LogP contribution in [-0.4, -0.2) is 15.7 Å². The smallest absolute Gasteiger partial charge is 0.318 e. The quantitative estimate of drug-likeness (QED) is 0.685. The first-order valence-electron chi connectivity index (χ1n) is 8.26. The number of fused-ring (bicyclic) bond motifs is 1. The van der Waals surface area contributed by atoms with E-state index in [-0.39, 0.29) is 12.7 Å². The summed E-state index contributed by atoms with van der Waals surface area (Å²) in [5.74, 6) is -0.152. The van der Waals surface area contributed by atoms with Crippen molar-refractivity contribution in [1.82, 2.24) is 9.78 Å². The molecule has 2 aromatic carbocycles. The number of aryl methyl sites for hydroxylation is 2. The van der Waals surface area contributed by atoms with Crippen LogP contribution in [0.1, 0.15) is 29.5 Å². The number of carbonyl (C=O) groups is 1. The number of aromatic nitrogens is 2. The zero-order valence-electron chi connectivity index (χ0n) is 14.0. The highest BCUT2D eigenvalue weighted by Gasteiger charge is 2.52. The molecule has 1 fully saturated rings. The molecule has 0 spiro atoms. The lowest BCUT2D eigenvalue weighted by Gasteiger charge is -2.14. The van der Waals surface area contributed by atoms with Gasteiger partial charge in [0.2, 0.25) is 0 Å². The molecule has 4 heteroatoms. The fraction of sp³-hybridized carbons (Fsp3) is 0.300. The average molecular weight is 320 g/mol. The molecule has 0 N–H and O–H groups in total. The van der Waals surface area contributed by atoms with Crippen molar-refractivity contribution in [2.24, 2.45) is 0 Å². The standard InChI is InChI=1S/C20H20N2O2/c1-14-10-15(2)18-16(11-14)12-22(21-18)13-24-19(23)20(8-9-20)17-6-4-3-5-7-17/h3-7,10-12H,8-9,13H2,1-2H3. The lowest BCUT2D eigenvalue weighted by Crippen LogP contribution is -2.24. The summed E-state index contributed by atoms with van der Waals surface area (Å²) in [4.78, 5) is 12.6. The SMILES string of the molecule is Cc1cc(C)c2nn(COC(=O)C3(c4ccccc4)CC3)cc2c1. The molecule has 1 heterocycles. The van der Waals surface area contributed by atoms with Crippen molar-refractivity contribution in [3.8, 4) is 0 Å². The summed E-state index contributed by atoms with van der Waals surface area (Å²) in [6, 6.07) is 14.1. The third-order valence-corrected chi connectivity index (χ3v) is 4.79. The number of hydrogen-bond acceptors (Lipinski definition) is 3. The number of ether oxygens (including phenoxy) is 1. The number of nitrogens with zero attached hydrogens (tertiary/aromatic N) is 2. The van der Waals surface area contributed by atoms with Crippen LogP contribution in [0.5, 0.6) is 0 Å². The summed E-state index contributed by atoms with van der Waals surface area (Å²) in [6.45, 7) is 4.27. The largest absolute Gasteiger partial charge is 0.442 e. The highest BCUT2D eigenvalue weighted by atomic mass is 16.5. The van der Waals surface area contributed by atoms with Gasteiger partial charge in [0.05, 0.1) is 10.9 Å². The highest BCUT2D eigenvalue weighted by Crippen LogP contribution is 2.49. The topological polar surface area (TPSA) is 44.1 Å². The van der Waals surface area contributed by atoms with Gasteiger partial charge >= 0.3 is 5.97 Å². The number of benzene rings is 2. The van der Waals surface area contributed by atoms with E-state index in [2.05, 4.69) is 24.2 Å². The minimum atomic E-state index is -0.444. The molecule has 24 heavy (non-hydrogen) atoms. The lowest BCUT2D eigenvalue weighted by molar-refractivity contribution is -0.151. The van der Waals surface area contributed by atoms with Crippen molar-refractivity contribution in [2.75, 3.05) is 0 Å². The average Bonchev–Trinajstić information content (AvgIpc) is 3.29. The van der Waals surface area contributed by atoms with Crippen LogP contribution < -0.4 is 0 Å². The number of carbonyl (C=O) groups excluding carboxylic acids is 1. The molecular formula is C20H20N2O2. The third kappa shape index (κ3) is 2.48. The maximum Gasteiger partial charge on any atom is 0.318 e. The van der Waals surface area contributed by atoms with Crippen molar-refractivity contribution < 1.29 is 9.53 Å². The second-order valence-electron chi connectivity index (χ2n) is 6.70. The van der Waals surface area contributed by atoms with Crippen LogP contribution in [0, 0.1) is 13.8 Å². The molecule has 1 saturated carbocycles. The van der Waals surface area contributed by atoms with Gasteiger partial charge in [-0.2, -0.15) is 5.10 Å². The molecular weight excluding hydrogens is 300 g/mol. The van der Waals surface area contributed by atoms with Crippen molar-refractivity contribution in [3.05, 3.63) is 65.4 Å². The predicted molar refractivity (Wildman–Crippen MR) is 92.7 cm³/mol. The van der Waals surface area contributed by atoms with Gasteiger partial charge in [-0.1, -0.05) is 42.0 Å². The highest BCUT2D eigenvalue weighted by molar-refractivity contribution is 5.86. The molecule has 0 atom stereocenters. The maximum atomic E-state index is 12.6. The maximum absolute atomic E-state index is 12.6. The summed E-state index contributed by atoms with van der Waals surface area (Å²) in [7, 11) is 0. The Morgan fingerprint density at radius 1 is 1.21 bits per heavy atom. The Morgan fingerprint density at radius 3 is 2.67 bits per heavy atom. The monoisotopic (exact) mass is 320 g/mol. The molecule has 0 bridgehead atoms. The fourth-order valence-corrected chi connectivity index (χ4v) is 3.37. The van der Waals surface area contributed by atoms with E-state index in [0.717, 1.165) is 34.9 Å². The van der Waals surface area contributed by atoms with E-state index in [1.807, 2.05) is 43.5 Å². The second-order valence-corrected chi connectivity index (χ2v) is 6.70. The molecule has 122 valence electrons. The molecule has 4 rings (SSSR count). The first kappa shape index (κ1) is 14.9. The van der Waals surface area contributed by atoms with Crippen LogP contribution >= 0.6 is 0 Å². The zero-order chi connectivity index (χ0) is 16.7. The predicted octanol–water partition coefficient (Wildman–Crippen LogP) is 3.89. The minimum absolute atomic E-state index is 0.152. The molecule has 1 aliphatic carbocycles. The summed E-state index contributed by atoms with van der Waals surface area (Å²) in [5, 5.41) is 5.62. The van der Waals surface area contributed by atoms with E-state index in [4.69, 9.17) is 4.74 Å². The van der Waals surface area contributed by atoms with Gasteiger partial charge in [-0.05, 0) is 43.9 Å². The molecule has 1 aliphatic rings. The number of rotatable bonds is 4. The van der Waals surface area contributed by atoms with Gasteiger partial charge < -0.3 is 4.74 Å². The van der Waals surface area contributed by atoms with E-state index in [1.165, 1.54) is 5.56 Å². The van der Waals surface area contributed by atoms with Gasteiger partial charge in [0.1, 0.15) is 0 Å². The van der Waals surface area contributed by atoms with Crippen LogP contribution in [0.4, 0.5) is 0 Å². The van der Waals surface area contributed by atoms with Crippen molar-refractivity contribution in [3.63, 3.8) is 0 Å². The fourth-order valence-electron chi connectivity index (χ4n) is 3.37. The third-order valence-electron chi connectivity index (χ3n) is 4.79. The Bertz CT molecular complexity index is 908. The van der Waals surface area contributed by atoms with Crippen LogP contribution in [0.2, 0.25) is 0 Å². The Labute approximate surface area is 141 Å². The first-order valence-corrected chi connectivity index (χ1v) is 8.26. The molecule has 0 aliphatic heterocycles. The van der Waals surface area contributed by atoms with Crippen LogP contribution in [0.15, 0.2) is 48.7 Å². The van der Waals surface area contributed by atoms with Gasteiger partial charge in [0, 0.05) is 11.6 Å². The Hall–Kier alpha value is -2.62. The van der Waals surface area contributed by atoms with Crippen LogP contribution in [0.25, 0.3) is 10.9 Å². The molecule has 3 aromatic rings. The van der Waals surface area contributed by atoms with Gasteiger partial charge in [-0.25, -0.2) is 4.68 Å². The van der Waals surface area contributed by atoms with Crippen LogP contribution in [-0.2, 0) is 21.7 Å². The molecule has 1 aromatic heterocycles.